The minimum Gasteiger partial charge on any atom is -0.482 e. The van der Waals surface area contributed by atoms with Gasteiger partial charge in [-0.1, -0.05) is 18.2 Å². The van der Waals surface area contributed by atoms with E-state index in [4.69, 9.17) is 9.84 Å². The van der Waals surface area contributed by atoms with E-state index in [1.165, 1.54) is 5.69 Å². The molecule has 6 heteroatoms. The van der Waals surface area contributed by atoms with E-state index in [9.17, 15) is 4.79 Å². The number of piperidine rings is 1. The molecule has 0 bridgehead atoms. The van der Waals surface area contributed by atoms with Crippen molar-refractivity contribution in [3.05, 3.63) is 47.8 Å². The second-order valence-electron chi connectivity index (χ2n) is 5.88. The monoisotopic (exact) mass is 315 g/mol. The SMILES string of the molecule is O=C(O)COc1ccccc1CN1CCC[C@@H](c2ccn[nH]2)C1. The van der Waals surface area contributed by atoms with Gasteiger partial charge in [-0.05, 0) is 31.5 Å². The Morgan fingerprint density at radius 3 is 3.04 bits per heavy atom. The van der Waals surface area contributed by atoms with Crippen LogP contribution in [-0.2, 0) is 11.3 Å². The normalized spacial score (nSPS) is 18.7. The lowest BCUT2D eigenvalue weighted by Gasteiger charge is -2.32. The van der Waals surface area contributed by atoms with Gasteiger partial charge in [0.1, 0.15) is 5.75 Å². The zero-order chi connectivity index (χ0) is 16.1. The molecule has 23 heavy (non-hydrogen) atoms. The number of aliphatic carboxylic acids is 1. The van der Waals surface area contributed by atoms with E-state index in [1.54, 1.807) is 6.20 Å². The smallest absolute Gasteiger partial charge is 0.341 e. The van der Waals surface area contributed by atoms with Crippen molar-refractivity contribution in [1.82, 2.24) is 15.1 Å². The molecule has 2 heterocycles. The standard InChI is InChI=1S/C17H21N3O3/c21-17(22)12-23-16-6-2-1-4-14(16)11-20-9-3-5-13(10-20)15-7-8-18-19-15/h1-2,4,6-8,13H,3,5,9-12H2,(H,18,19)(H,21,22)/t13-/m1/s1. The van der Waals surface area contributed by atoms with E-state index >= 15 is 0 Å². The number of hydrogen-bond donors (Lipinski definition) is 2. The molecule has 0 aliphatic carbocycles. The summed E-state index contributed by atoms with van der Waals surface area (Å²) in [6.45, 7) is 2.46. The van der Waals surface area contributed by atoms with Crippen molar-refractivity contribution in [2.24, 2.45) is 0 Å². The third-order valence-electron chi connectivity index (χ3n) is 4.19. The van der Waals surface area contributed by atoms with Crippen molar-refractivity contribution in [2.75, 3.05) is 19.7 Å². The minimum atomic E-state index is -0.961. The molecule has 1 aromatic carbocycles. The van der Waals surface area contributed by atoms with E-state index in [0.717, 1.165) is 38.0 Å². The van der Waals surface area contributed by atoms with Crippen LogP contribution in [0.25, 0.3) is 0 Å². The summed E-state index contributed by atoms with van der Waals surface area (Å²) in [5, 5.41) is 15.9. The molecule has 122 valence electrons. The molecular formula is C17H21N3O3. The Hall–Kier alpha value is -2.34. The largest absolute Gasteiger partial charge is 0.482 e. The number of nitrogens with zero attached hydrogens (tertiary/aromatic N) is 2. The first-order valence-electron chi connectivity index (χ1n) is 7.86. The van der Waals surface area contributed by atoms with Crippen LogP contribution in [0.2, 0.25) is 0 Å². The number of likely N-dealkylation sites (tertiary alicyclic amines) is 1. The van der Waals surface area contributed by atoms with Crippen LogP contribution in [0, 0.1) is 0 Å². The van der Waals surface area contributed by atoms with Gasteiger partial charge in [0.05, 0.1) is 0 Å². The number of H-pyrrole nitrogens is 1. The lowest BCUT2D eigenvalue weighted by molar-refractivity contribution is -0.139. The summed E-state index contributed by atoms with van der Waals surface area (Å²) >= 11 is 0. The summed E-state index contributed by atoms with van der Waals surface area (Å²) in [6.07, 6.45) is 4.10. The molecule has 6 nitrogen and oxygen atoms in total. The van der Waals surface area contributed by atoms with Gasteiger partial charge in [0.25, 0.3) is 0 Å². The fourth-order valence-corrected chi connectivity index (χ4v) is 3.10. The number of carbonyl (C=O) groups is 1. The average molecular weight is 315 g/mol. The summed E-state index contributed by atoms with van der Waals surface area (Å²) in [5.41, 5.74) is 2.21. The van der Waals surface area contributed by atoms with E-state index in [2.05, 4.69) is 15.1 Å². The predicted molar refractivity (Wildman–Crippen MR) is 85.4 cm³/mol. The molecular weight excluding hydrogens is 294 g/mol. The van der Waals surface area contributed by atoms with Gasteiger partial charge < -0.3 is 9.84 Å². The molecule has 3 rings (SSSR count). The van der Waals surface area contributed by atoms with Crippen molar-refractivity contribution in [3.63, 3.8) is 0 Å². The van der Waals surface area contributed by atoms with Crippen LogP contribution in [0.5, 0.6) is 5.75 Å². The van der Waals surface area contributed by atoms with E-state index in [1.807, 2.05) is 30.3 Å². The number of hydrogen-bond acceptors (Lipinski definition) is 4. The predicted octanol–water partition coefficient (Wildman–Crippen LogP) is 2.25. The Balaban J connectivity index is 1.65. The number of benzene rings is 1. The van der Waals surface area contributed by atoms with Crippen LogP contribution >= 0.6 is 0 Å². The maximum atomic E-state index is 10.7. The van der Waals surface area contributed by atoms with Crippen molar-refractivity contribution >= 4 is 5.97 Å². The molecule has 0 amide bonds. The van der Waals surface area contributed by atoms with Crippen molar-refractivity contribution in [3.8, 4) is 5.75 Å². The molecule has 1 aliphatic rings. The quantitative estimate of drug-likeness (QED) is 0.855. The fraction of sp³-hybridized carbons (Fsp3) is 0.412. The second kappa shape index (κ2) is 7.28. The zero-order valence-electron chi connectivity index (χ0n) is 12.9. The highest BCUT2D eigenvalue weighted by molar-refractivity contribution is 5.68. The molecule has 2 N–H and O–H groups in total. The Kier molecular flexibility index (Phi) is 4.92. The van der Waals surface area contributed by atoms with Gasteiger partial charge in [-0.15, -0.1) is 0 Å². The Labute approximate surface area is 135 Å². The second-order valence-corrected chi connectivity index (χ2v) is 5.88. The van der Waals surface area contributed by atoms with Gasteiger partial charge in [0, 0.05) is 36.5 Å². The third kappa shape index (κ3) is 4.10. The van der Waals surface area contributed by atoms with Crippen LogP contribution in [0.1, 0.15) is 30.0 Å². The van der Waals surface area contributed by atoms with Crippen LogP contribution in [0.3, 0.4) is 0 Å². The molecule has 0 unspecified atom stereocenters. The molecule has 1 saturated heterocycles. The summed E-state index contributed by atoms with van der Waals surface area (Å²) in [4.78, 5) is 13.1. The van der Waals surface area contributed by atoms with Gasteiger partial charge in [0.15, 0.2) is 6.61 Å². The summed E-state index contributed by atoms with van der Waals surface area (Å²) in [6, 6.07) is 9.69. The van der Waals surface area contributed by atoms with Gasteiger partial charge in [-0.25, -0.2) is 4.79 Å². The lowest BCUT2D eigenvalue weighted by Crippen LogP contribution is -2.34. The Morgan fingerprint density at radius 2 is 2.26 bits per heavy atom. The van der Waals surface area contributed by atoms with Crippen molar-refractivity contribution < 1.29 is 14.6 Å². The van der Waals surface area contributed by atoms with Crippen molar-refractivity contribution in [1.29, 1.82) is 0 Å². The molecule has 0 saturated carbocycles. The number of carboxylic acid groups (broad SMARTS) is 1. The summed E-state index contributed by atoms with van der Waals surface area (Å²) in [7, 11) is 0. The van der Waals surface area contributed by atoms with E-state index in [-0.39, 0.29) is 6.61 Å². The maximum absolute atomic E-state index is 10.7. The van der Waals surface area contributed by atoms with E-state index < -0.39 is 5.97 Å². The number of rotatable bonds is 6. The van der Waals surface area contributed by atoms with Crippen LogP contribution in [-0.4, -0.2) is 45.9 Å². The van der Waals surface area contributed by atoms with Crippen LogP contribution in [0.4, 0.5) is 0 Å². The van der Waals surface area contributed by atoms with Gasteiger partial charge in [-0.3, -0.25) is 10.00 Å². The zero-order valence-corrected chi connectivity index (χ0v) is 12.9. The topological polar surface area (TPSA) is 78.5 Å². The number of aromatic nitrogens is 2. The number of nitrogens with one attached hydrogen (secondary N) is 1. The summed E-state index contributed by atoms with van der Waals surface area (Å²) in [5.74, 6) is 0.161. The molecule has 1 fully saturated rings. The number of carboxylic acids is 1. The lowest BCUT2D eigenvalue weighted by atomic mass is 9.94. The first-order chi connectivity index (χ1) is 11.2. The Bertz CT molecular complexity index is 642. The van der Waals surface area contributed by atoms with Gasteiger partial charge in [0.2, 0.25) is 0 Å². The highest BCUT2D eigenvalue weighted by atomic mass is 16.5. The van der Waals surface area contributed by atoms with Crippen molar-refractivity contribution in [2.45, 2.75) is 25.3 Å². The average Bonchev–Trinajstić information content (AvgIpc) is 3.09. The highest BCUT2D eigenvalue weighted by Crippen LogP contribution is 2.28. The van der Waals surface area contributed by atoms with Gasteiger partial charge in [-0.2, -0.15) is 5.10 Å². The first kappa shape index (κ1) is 15.6. The molecule has 0 radical (unpaired) electrons. The molecule has 1 aliphatic heterocycles. The molecule has 1 atom stereocenters. The van der Waals surface area contributed by atoms with E-state index in [0.29, 0.717) is 11.7 Å². The number of ether oxygens (including phenoxy) is 1. The molecule has 1 aromatic heterocycles. The first-order valence-corrected chi connectivity index (χ1v) is 7.86. The van der Waals surface area contributed by atoms with Crippen LogP contribution in [0.15, 0.2) is 36.5 Å². The summed E-state index contributed by atoms with van der Waals surface area (Å²) < 4.78 is 5.40. The fourth-order valence-electron chi connectivity index (χ4n) is 3.10. The maximum Gasteiger partial charge on any atom is 0.341 e. The highest BCUT2D eigenvalue weighted by Gasteiger charge is 2.23. The molecule has 2 aromatic rings. The minimum absolute atomic E-state index is 0.312. The Morgan fingerprint density at radius 1 is 1.39 bits per heavy atom. The van der Waals surface area contributed by atoms with Gasteiger partial charge >= 0.3 is 5.97 Å². The third-order valence-corrected chi connectivity index (χ3v) is 4.19. The number of para-hydroxylation sites is 1. The molecule has 0 spiro atoms. The van der Waals surface area contributed by atoms with Crippen LogP contribution < -0.4 is 4.74 Å². The number of aromatic amines is 1.